The molecule has 1 unspecified atom stereocenters. The van der Waals surface area contributed by atoms with E-state index in [1.807, 2.05) is 0 Å². The van der Waals surface area contributed by atoms with E-state index >= 15 is 0 Å². The molecule has 4 N–H and O–H groups in total. The third-order valence-corrected chi connectivity index (χ3v) is 5.97. The topological polar surface area (TPSA) is 101 Å². The minimum atomic E-state index is -3.97. The van der Waals surface area contributed by atoms with Crippen LogP contribution < -0.4 is 15.8 Å². The summed E-state index contributed by atoms with van der Waals surface area (Å²) >= 11 is 0. The van der Waals surface area contributed by atoms with E-state index in [1.54, 1.807) is 19.1 Å². The van der Waals surface area contributed by atoms with Crippen molar-refractivity contribution >= 4 is 21.6 Å². The molecule has 1 fully saturated rings. The first kappa shape index (κ1) is 19.3. The molecule has 1 aliphatic rings. The molecule has 1 atom stereocenters. The van der Waals surface area contributed by atoms with Crippen molar-refractivity contribution in [2.45, 2.75) is 30.7 Å². The maximum atomic E-state index is 13.7. The van der Waals surface area contributed by atoms with Gasteiger partial charge in [-0.1, -0.05) is 12.1 Å². The minimum Gasteiger partial charge on any atom is -0.348 e. The normalized spacial score (nSPS) is 15.2. The molecule has 27 heavy (non-hydrogen) atoms. The molecule has 0 spiro atoms. The first-order valence-electron chi connectivity index (χ1n) is 8.70. The summed E-state index contributed by atoms with van der Waals surface area (Å²) < 4.78 is 41.0. The van der Waals surface area contributed by atoms with Gasteiger partial charge in [-0.2, -0.15) is 0 Å². The average molecular weight is 391 g/mol. The number of anilines is 1. The van der Waals surface area contributed by atoms with Crippen molar-refractivity contribution in [3.63, 3.8) is 0 Å². The molecule has 0 aromatic heterocycles. The van der Waals surface area contributed by atoms with Crippen LogP contribution in [0.15, 0.2) is 47.4 Å². The van der Waals surface area contributed by atoms with Gasteiger partial charge in [-0.15, -0.1) is 0 Å². The average Bonchev–Trinajstić information content (AvgIpc) is 3.46. The van der Waals surface area contributed by atoms with E-state index in [1.165, 1.54) is 24.3 Å². The summed E-state index contributed by atoms with van der Waals surface area (Å²) in [5, 5.41) is 2.89. The molecule has 0 bridgehead atoms. The van der Waals surface area contributed by atoms with Crippen LogP contribution in [-0.2, 0) is 10.0 Å². The van der Waals surface area contributed by atoms with Gasteiger partial charge in [0.25, 0.3) is 15.9 Å². The van der Waals surface area contributed by atoms with E-state index in [0.717, 1.165) is 18.9 Å². The van der Waals surface area contributed by atoms with E-state index < -0.39 is 15.8 Å². The number of benzene rings is 2. The molecule has 2 aromatic rings. The Balaban J connectivity index is 1.76. The van der Waals surface area contributed by atoms with Crippen LogP contribution in [0.3, 0.4) is 0 Å². The highest BCUT2D eigenvalue weighted by Gasteiger charge is 2.31. The molecular formula is C19H22FN3O3S. The zero-order chi connectivity index (χ0) is 19.6. The van der Waals surface area contributed by atoms with E-state index in [4.69, 9.17) is 5.73 Å². The molecular weight excluding hydrogens is 369 g/mol. The lowest BCUT2D eigenvalue weighted by Crippen LogP contribution is -2.41. The fourth-order valence-electron chi connectivity index (χ4n) is 2.80. The van der Waals surface area contributed by atoms with Crippen LogP contribution in [0.1, 0.15) is 28.8 Å². The Bertz CT molecular complexity index is 958. The second kappa shape index (κ2) is 7.66. The molecule has 0 heterocycles. The quantitative estimate of drug-likeness (QED) is 0.675. The van der Waals surface area contributed by atoms with Gasteiger partial charge in [0.1, 0.15) is 5.82 Å². The van der Waals surface area contributed by atoms with Gasteiger partial charge in [0.2, 0.25) is 0 Å². The van der Waals surface area contributed by atoms with E-state index in [9.17, 15) is 17.6 Å². The molecule has 1 saturated carbocycles. The van der Waals surface area contributed by atoms with Gasteiger partial charge in [0.05, 0.1) is 4.90 Å². The summed E-state index contributed by atoms with van der Waals surface area (Å²) in [6.07, 6.45) is 2.10. The van der Waals surface area contributed by atoms with Gasteiger partial charge in [0, 0.05) is 23.8 Å². The van der Waals surface area contributed by atoms with Crippen LogP contribution in [-0.4, -0.2) is 26.9 Å². The lowest BCUT2D eigenvalue weighted by molar-refractivity contribution is 0.0933. The predicted octanol–water partition coefficient (Wildman–Crippen LogP) is 2.40. The highest BCUT2D eigenvalue weighted by molar-refractivity contribution is 7.92. The molecule has 144 valence electrons. The van der Waals surface area contributed by atoms with Crippen LogP contribution in [0, 0.1) is 18.7 Å². The number of hydrogen-bond donors (Lipinski definition) is 3. The summed E-state index contributed by atoms with van der Waals surface area (Å²) in [5.74, 6) is -0.490. The number of nitrogens with one attached hydrogen (secondary N) is 2. The number of aryl methyl sites for hydroxylation is 1. The van der Waals surface area contributed by atoms with Gasteiger partial charge in [0.15, 0.2) is 0 Å². The number of nitrogens with two attached hydrogens (primary N) is 1. The lowest BCUT2D eigenvalue weighted by atomic mass is 10.1. The number of amides is 1. The van der Waals surface area contributed by atoms with Crippen molar-refractivity contribution in [1.82, 2.24) is 5.32 Å². The summed E-state index contributed by atoms with van der Waals surface area (Å²) in [7, 11) is -3.97. The van der Waals surface area contributed by atoms with Gasteiger partial charge >= 0.3 is 0 Å². The highest BCUT2D eigenvalue weighted by Crippen LogP contribution is 2.32. The molecule has 0 radical (unpaired) electrons. The van der Waals surface area contributed by atoms with Gasteiger partial charge in [-0.3, -0.25) is 9.52 Å². The second-order valence-corrected chi connectivity index (χ2v) is 8.43. The molecule has 3 rings (SSSR count). The Morgan fingerprint density at radius 1 is 1.26 bits per heavy atom. The first-order valence-corrected chi connectivity index (χ1v) is 10.2. The van der Waals surface area contributed by atoms with Crippen LogP contribution in [0.4, 0.5) is 10.1 Å². The Morgan fingerprint density at radius 3 is 2.63 bits per heavy atom. The van der Waals surface area contributed by atoms with E-state index in [0.29, 0.717) is 23.6 Å². The van der Waals surface area contributed by atoms with E-state index in [2.05, 4.69) is 10.0 Å². The Labute approximate surface area is 158 Å². The standard InChI is InChI=1S/C19H22FN3O3S/c1-12-5-8-16(10-17(12)20)27(25,26)23-15-4-2-3-14(9-15)19(24)22-18(11-21)13-6-7-13/h2-5,8-10,13,18,23H,6-7,11,21H2,1H3,(H,22,24). The number of rotatable bonds is 7. The molecule has 6 nitrogen and oxygen atoms in total. The predicted molar refractivity (Wildman–Crippen MR) is 101 cm³/mol. The largest absolute Gasteiger partial charge is 0.348 e. The Hall–Kier alpha value is -2.45. The first-order chi connectivity index (χ1) is 12.8. The second-order valence-electron chi connectivity index (χ2n) is 6.75. The van der Waals surface area contributed by atoms with Crippen molar-refractivity contribution < 1.29 is 17.6 Å². The van der Waals surface area contributed by atoms with Gasteiger partial charge in [-0.25, -0.2) is 12.8 Å². The van der Waals surface area contributed by atoms with Crippen LogP contribution in [0.25, 0.3) is 0 Å². The van der Waals surface area contributed by atoms with Crippen molar-refractivity contribution in [3.8, 4) is 0 Å². The Kier molecular flexibility index (Phi) is 5.48. The summed E-state index contributed by atoms with van der Waals surface area (Å²) in [4.78, 5) is 12.2. The Morgan fingerprint density at radius 2 is 2.00 bits per heavy atom. The minimum absolute atomic E-state index is 0.0756. The maximum Gasteiger partial charge on any atom is 0.261 e. The van der Waals surface area contributed by atoms with Crippen molar-refractivity contribution in [3.05, 3.63) is 59.4 Å². The maximum absolute atomic E-state index is 13.7. The lowest BCUT2D eigenvalue weighted by Gasteiger charge is -2.16. The summed E-state index contributed by atoms with van der Waals surface area (Å²) in [6.45, 7) is 1.92. The smallest absolute Gasteiger partial charge is 0.261 e. The number of carbonyl (C=O) groups is 1. The fraction of sp³-hybridized carbons (Fsp3) is 0.316. The monoisotopic (exact) mass is 391 g/mol. The number of sulfonamides is 1. The third-order valence-electron chi connectivity index (χ3n) is 4.59. The molecule has 0 saturated heterocycles. The van der Waals surface area contributed by atoms with Gasteiger partial charge < -0.3 is 11.1 Å². The fourth-order valence-corrected chi connectivity index (χ4v) is 3.86. The van der Waals surface area contributed by atoms with Gasteiger partial charge in [-0.05, 0) is 61.6 Å². The SMILES string of the molecule is Cc1ccc(S(=O)(=O)Nc2cccc(C(=O)NC(CN)C3CC3)c2)cc1F. The summed E-state index contributed by atoms with van der Waals surface area (Å²) in [5.41, 5.74) is 6.61. The third kappa shape index (κ3) is 4.64. The number of carbonyl (C=O) groups excluding carboxylic acids is 1. The van der Waals surface area contributed by atoms with E-state index in [-0.39, 0.29) is 22.5 Å². The summed E-state index contributed by atoms with van der Waals surface area (Å²) in [6, 6.07) is 9.77. The zero-order valence-electron chi connectivity index (χ0n) is 14.9. The van der Waals surface area contributed by atoms with Crippen molar-refractivity contribution in [1.29, 1.82) is 0 Å². The van der Waals surface area contributed by atoms with Crippen molar-refractivity contribution in [2.75, 3.05) is 11.3 Å². The van der Waals surface area contributed by atoms with Crippen LogP contribution in [0.5, 0.6) is 0 Å². The molecule has 1 amide bonds. The van der Waals surface area contributed by atoms with Crippen LogP contribution >= 0.6 is 0 Å². The molecule has 2 aromatic carbocycles. The van der Waals surface area contributed by atoms with Crippen molar-refractivity contribution in [2.24, 2.45) is 11.7 Å². The number of hydrogen-bond acceptors (Lipinski definition) is 4. The molecule has 1 aliphatic carbocycles. The van der Waals surface area contributed by atoms with Crippen LogP contribution in [0.2, 0.25) is 0 Å². The molecule has 8 heteroatoms. The zero-order valence-corrected chi connectivity index (χ0v) is 15.7. The molecule has 0 aliphatic heterocycles. The number of halogens is 1. The highest BCUT2D eigenvalue weighted by atomic mass is 32.2.